The van der Waals surface area contributed by atoms with Gasteiger partial charge in [0.05, 0.1) is 25.8 Å². The van der Waals surface area contributed by atoms with Crippen molar-refractivity contribution in [1.29, 1.82) is 0 Å². The van der Waals surface area contributed by atoms with Gasteiger partial charge in [-0.15, -0.1) is 0 Å². The van der Waals surface area contributed by atoms with Crippen molar-refractivity contribution >= 4 is 29.4 Å². The summed E-state index contributed by atoms with van der Waals surface area (Å²) < 4.78 is 20.8. The average molecular weight is 536 g/mol. The molecule has 1 heterocycles. The molecule has 204 valence electrons. The van der Waals surface area contributed by atoms with Gasteiger partial charge in [0.15, 0.2) is 30.5 Å². The number of carbonyl (C=O) groups excluding carboxylic acids is 4. The molecule has 0 aliphatic rings. The van der Waals surface area contributed by atoms with Gasteiger partial charge in [0.1, 0.15) is 12.4 Å². The van der Waals surface area contributed by atoms with Crippen molar-refractivity contribution in [3.05, 3.63) is 83.6 Å². The van der Waals surface area contributed by atoms with Crippen molar-refractivity contribution in [2.45, 2.75) is 13.0 Å². The Balaban J connectivity index is 1.64. The fourth-order valence-corrected chi connectivity index (χ4v) is 3.31. The first-order chi connectivity index (χ1) is 18.7. The van der Waals surface area contributed by atoms with Gasteiger partial charge in [-0.2, -0.15) is 0 Å². The Morgan fingerprint density at radius 1 is 0.872 bits per heavy atom. The molecule has 0 saturated heterocycles. The van der Waals surface area contributed by atoms with E-state index < -0.39 is 25.2 Å². The molecular formula is C28H29N3O8. The Morgan fingerprint density at radius 3 is 2.31 bits per heavy atom. The lowest BCUT2D eigenvalue weighted by Crippen LogP contribution is -2.33. The van der Waals surface area contributed by atoms with Crippen LogP contribution in [0.25, 0.3) is 0 Å². The van der Waals surface area contributed by atoms with Crippen LogP contribution in [0.2, 0.25) is 0 Å². The van der Waals surface area contributed by atoms with Gasteiger partial charge in [-0.25, -0.2) is 14.6 Å². The van der Waals surface area contributed by atoms with Gasteiger partial charge in [-0.3, -0.25) is 9.59 Å². The molecule has 0 unspecified atom stereocenters. The molecule has 0 saturated carbocycles. The number of nitrogen functional groups attached to an aromatic ring is 1. The van der Waals surface area contributed by atoms with Gasteiger partial charge >= 0.3 is 11.9 Å². The molecule has 3 rings (SSSR count). The number of nitrogens with zero attached hydrogens (tertiary/aromatic N) is 2. The highest BCUT2D eigenvalue weighted by atomic mass is 16.6. The lowest BCUT2D eigenvalue weighted by atomic mass is 10.1. The maximum absolute atomic E-state index is 12.9. The second kappa shape index (κ2) is 14.1. The van der Waals surface area contributed by atoms with E-state index >= 15 is 0 Å². The number of anilines is 1. The maximum atomic E-state index is 12.9. The molecule has 2 N–H and O–H groups in total. The molecule has 1 amide bonds. The van der Waals surface area contributed by atoms with Gasteiger partial charge < -0.3 is 29.6 Å². The van der Waals surface area contributed by atoms with Crippen molar-refractivity contribution in [3.8, 4) is 11.5 Å². The molecule has 0 atom stereocenters. The maximum Gasteiger partial charge on any atom is 0.344 e. The minimum atomic E-state index is -0.652. The van der Waals surface area contributed by atoms with E-state index in [9.17, 15) is 19.2 Å². The number of ketones is 1. The molecule has 39 heavy (non-hydrogen) atoms. The number of rotatable bonds is 13. The van der Waals surface area contributed by atoms with Gasteiger partial charge in [0, 0.05) is 12.6 Å². The van der Waals surface area contributed by atoms with Crippen LogP contribution in [-0.2, 0) is 36.9 Å². The monoisotopic (exact) mass is 535 g/mol. The third kappa shape index (κ3) is 9.15. The summed E-state index contributed by atoms with van der Waals surface area (Å²) in [6.07, 6.45) is -0.0184. The molecule has 3 aromatic rings. The van der Waals surface area contributed by atoms with Crippen LogP contribution < -0.4 is 15.2 Å². The summed E-state index contributed by atoms with van der Waals surface area (Å²) in [7, 11) is 2.71. The summed E-state index contributed by atoms with van der Waals surface area (Å²) in [5.41, 5.74) is 7.17. The van der Waals surface area contributed by atoms with Crippen molar-refractivity contribution in [2.24, 2.45) is 0 Å². The van der Waals surface area contributed by atoms with E-state index in [4.69, 9.17) is 19.9 Å². The zero-order valence-corrected chi connectivity index (χ0v) is 21.6. The number of aromatic nitrogens is 1. The standard InChI is InChI=1S/C28H29N3O8/c1-31(26(33)14-21-9-6-10-25(29)30-21)15-22(32)20-11-12-23(24(13-20)38-17-27(34)36-2)37-18-28(35)39-16-19-7-4-3-5-8-19/h3-13H,14-18H2,1-2H3,(H2,29,30). The molecule has 0 aliphatic carbocycles. The Hall–Kier alpha value is -4.93. The first kappa shape index (κ1) is 28.6. The van der Waals surface area contributed by atoms with Crippen molar-refractivity contribution in [1.82, 2.24) is 9.88 Å². The minimum absolute atomic E-state index is 0.0184. The van der Waals surface area contributed by atoms with Gasteiger partial charge in [0.25, 0.3) is 0 Å². The van der Waals surface area contributed by atoms with Crippen LogP contribution >= 0.6 is 0 Å². The normalized spacial score (nSPS) is 10.3. The predicted molar refractivity (Wildman–Crippen MR) is 140 cm³/mol. The highest BCUT2D eigenvalue weighted by molar-refractivity contribution is 6.00. The molecule has 2 aromatic carbocycles. The van der Waals surface area contributed by atoms with Crippen LogP contribution in [0.15, 0.2) is 66.7 Å². The molecule has 0 bridgehead atoms. The highest BCUT2D eigenvalue weighted by Crippen LogP contribution is 2.29. The number of pyridine rings is 1. The fraction of sp³-hybridized carbons (Fsp3) is 0.250. The van der Waals surface area contributed by atoms with Gasteiger partial charge in [0.2, 0.25) is 5.91 Å². The zero-order chi connectivity index (χ0) is 28.2. The van der Waals surface area contributed by atoms with Crippen molar-refractivity contribution < 1.29 is 38.1 Å². The summed E-state index contributed by atoms with van der Waals surface area (Å²) >= 11 is 0. The first-order valence-corrected chi connectivity index (χ1v) is 11.9. The van der Waals surface area contributed by atoms with Crippen LogP contribution in [0.4, 0.5) is 5.82 Å². The van der Waals surface area contributed by atoms with Crippen LogP contribution in [0.5, 0.6) is 11.5 Å². The number of carbonyl (C=O) groups is 4. The molecular weight excluding hydrogens is 506 g/mol. The molecule has 1 aromatic heterocycles. The number of hydrogen-bond donors (Lipinski definition) is 1. The van der Waals surface area contributed by atoms with E-state index in [1.54, 1.807) is 18.2 Å². The number of esters is 2. The summed E-state index contributed by atoms with van der Waals surface area (Å²) in [6, 6.07) is 18.4. The summed E-state index contributed by atoms with van der Waals surface area (Å²) in [6.45, 7) is -1.01. The van der Waals surface area contributed by atoms with Crippen LogP contribution in [0.3, 0.4) is 0 Å². The van der Waals surface area contributed by atoms with E-state index in [-0.39, 0.29) is 48.3 Å². The molecule has 0 fully saturated rings. The minimum Gasteiger partial charge on any atom is -0.478 e. The Labute approximate surface area is 225 Å². The molecule has 0 radical (unpaired) electrons. The van der Waals surface area contributed by atoms with E-state index in [1.807, 2.05) is 30.3 Å². The van der Waals surface area contributed by atoms with Gasteiger partial charge in [-0.1, -0.05) is 36.4 Å². The van der Waals surface area contributed by atoms with Crippen LogP contribution in [0, 0.1) is 0 Å². The van der Waals surface area contributed by atoms with Crippen LogP contribution in [-0.4, -0.2) is 67.4 Å². The average Bonchev–Trinajstić information content (AvgIpc) is 2.94. The number of amides is 1. The number of likely N-dealkylation sites (N-methyl/N-ethyl adjacent to an activating group) is 1. The summed E-state index contributed by atoms with van der Waals surface area (Å²) in [4.78, 5) is 54.6. The Bertz CT molecular complexity index is 1310. The van der Waals surface area contributed by atoms with Gasteiger partial charge in [-0.05, 0) is 35.9 Å². The summed E-state index contributed by atoms with van der Waals surface area (Å²) in [5, 5.41) is 0. The molecule has 11 heteroatoms. The number of benzene rings is 2. The molecule has 0 aliphatic heterocycles. The Morgan fingerprint density at radius 2 is 1.59 bits per heavy atom. The number of ether oxygens (including phenoxy) is 4. The lowest BCUT2D eigenvalue weighted by Gasteiger charge is -2.17. The second-order valence-corrected chi connectivity index (χ2v) is 8.36. The third-order valence-electron chi connectivity index (χ3n) is 5.39. The smallest absolute Gasteiger partial charge is 0.344 e. The van der Waals surface area contributed by atoms with E-state index in [0.717, 1.165) is 5.56 Å². The number of Topliss-reactive ketones (excluding diaryl/α,β-unsaturated/α-hetero) is 1. The third-order valence-corrected chi connectivity index (χ3v) is 5.39. The van der Waals surface area contributed by atoms with Crippen LogP contribution in [0.1, 0.15) is 21.6 Å². The number of methoxy groups -OCH3 is 1. The number of nitrogens with two attached hydrogens (primary N) is 1. The SMILES string of the molecule is COC(=O)COc1cc(C(=O)CN(C)C(=O)Cc2cccc(N)n2)ccc1OCC(=O)OCc1ccccc1. The first-order valence-electron chi connectivity index (χ1n) is 11.9. The number of hydrogen-bond acceptors (Lipinski definition) is 10. The molecule has 11 nitrogen and oxygen atoms in total. The fourth-order valence-electron chi connectivity index (χ4n) is 3.31. The largest absolute Gasteiger partial charge is 0.478 e. The molecule has 0 spiro atoms. The second-order valence-electron chi connectivity index (χ2n) is 8.36. The predicted octanol–water partition coefficient (Wildman–Crippen LogP) is 2.22. The van der Waals surface area contributed by atoms with Crippen molar-refractivity contribution in [2.75, 3.05) is 39.6 Å². The zero-order valence-electron chi connectivity index (χ0n) is 21.6. The highest BCUT2D eigenvalue weighted by Gasteiger charge is 2.19. The van der Waals surface area contributed by atoms with E-state index in [2.05, 4.69) is 9.72 Å². The van der Waals surface area contributed by atoms with Crippen molar-refractivity contribution in [3.63, 3.8) is 0 Å². The van der Waals surface area contributed by atoms with E-state index in [1.165, 1.54) is 37.3 Å². The Kier molecular flexibility index (Phi) is 10.4. The topological polar surface area (TPSA) is 147 Å². The summed E-state index contributed by atoms with van der Waals surface area (Å²) in [5.74, 6) is -1.52. The lowest BCUT2D eigenvalue weighted by molar-refractivity contribution is -0.147. The van der Waals surface area contributed by atoms with E-state index in [0.29, 0.717) is 11.5 Å². The quantitative estimate of drug-likeness (QED) is 0.255.